The van der Waals surface area contributed by atoms with Crippen LogP contribution in [0.15, 0.2) is 22.7 Å². The Kier molecular flexibility index (Phi) is 3.06. The van der Waals surface area contributed by atoms with Crippen LogP contribution in [0.5, 0.6) is 0 Å². The Balaban J connectivity index is 2.64. The molecule has 5 heteroatoms. The minimum atomic E-state index is -0.862. The van der Waals surface area contributed by atoms with Gasteiger partial charge in [-0.15, -0.1) is 17.8 Å². The molecule has 0 fully saturated rings. The van der Waals surface area contributed by atoms with Crippen molar-refractivity contribution in [1.29, 1.82) is 0 Å². The van der Waals surface area contributed by atoms with E-state index < -0.39 is 5.97 Å². The molecule has 0 aliphatic rings. The summed E-state index contributed by atoms with van der Waals surface area (Å²) in [4.78, 5) is 15.5. The molecular weight excluding hydrogens is 188 g/mol. The Hall–Kier alpha value is -1.80. The number of oxime groups is 1. The first-order valence-electron chi connectivity index (χ1n) is 3.29. The van der Waals surface area contributed by atoms with E-state index in [2.05, 4.69) is 9.99 Å². The Bertz CT molecular complexity index is 362. The van der Waals surface area contributed by atoms with Gasteiger partial charge in [-0.3, -0.25) is 0 Å². The normalized spacial score (nSPS) is 10.5. The lowest BCUT2D eigenvalue weighted by molar-refractivity contribution is -0.136. The number of nitrogens with two attached hydrogens (primary N) is 1. The molecule has 0 saturated carbocycles. The number of nitrogens with zero attached hydrogens (tertiary/aromatic N) is 1. The van der Waals surface area contributed by atoms with Crippen LogP contribution in [-0.2, 0) is 9.63 Å². The fourth-order valence-corrected chi connectivity index (χ4v) is 1.21. The van der Waals surface area contributed by atoms with Gasteiger partial charge in [0.15, 0.2) is 5.84 Å². The average Bonchev–Trinajstić information content (AvgIpc) is 2.66. The largest absolute Gasteiger partial charge is 0.410 e. The molecule has 0 aliphatic heterocycles. The van der Waals surface area contributed by atoms with Gasteiger partial charge in [-0.05, 0) is 11.4 Å². The second-order valence-corrected chi connectivity index (χ2v) is 2.92. The maximum atomic E-state index is 10.5. The van der Waals surface area contributed by atoms with Crippen molar-refractivity contribution in [2.24, 2.45) is 10.9 Å². The topological polar surface area (TPSA) is 64.7 Å². The van der Waals surface area contributed by atoms with Gasteiger partial charge in [0, 0.05) is 5.92 Å². The van der Waals surface area contributed by atoms with E-state index in [1.54, 1.807) is 12.0 Å². The summed E-state index contributed by atoms with van der Waals surface area (Å²) in [5.74, 6) is 1.02. The maximum Gasteiger partial charge on any atom is 0.410 e. The minimum absolute atomic E-state index is 0.138. The second kappa shape index (κ2) is 4.28. The highest BCUT2D eigenvalue weighted by Crippen LogP contribution is 2.07. The molecule has 1 aromatic heterocycles. The summed E-state index contributed by atoms with van der Waals surface area (Å²) in [6.07, 6.45) is 4.74. The van der Waals surface area contributed by atoms with Crippen LogP contribution in [-0.4, -0.2) is 11.8 Å². The van der Waals surface area contributed by atoms with Crippen molar-refractivity contribution in [3.05, 3.63) is 22.4 Å². The van der Waals surface area contributed by atoms with E-state index in [1.165, 1.54) is 11.3 Å². The molecule has 0 atom stereocenters. The predicted octanol–water partition coefficient (Wildman–Crippen LogP) is 0.545. The molecule has 0 spiro atoms. The second-order valence-electron chi connectivity index (χ2n) is 1.98. The monoisotopic (exact) mass is 194 g/mol. The number of terminal acetylenes is 1. The first-order chi connectivity index (χ1) is 6.24. The lowest BCUT2D eigenvalue weighted by Crippen LogP contribution is -2.13. The van der Waals surface area contributed by atoms with E-state index in [0.29, 0.717) is 0 Å². The zero-order valence-electron chi connectivity index (χ0n) is 6.56. The molecule has 0 amide bonds. The number of carbonyl (C=O) groups is 1. The van der Waals surface area contributed by atoms with Gasteiger partial charge in [-0.2, -0.15) is 0 Å². The van der Waals surface area contributed by atoms with Gasteiger partial charge in [0.25, 0.3) is 0 Å². The van der Waals surface area contributed by atoms with Crippen molar-refractivity contribution in [2.45, 2.75) is 0 Å². The molecular formula is C8H6N2O2S. The summed E-state index contributed by atoms with van der Waals surface area (Å²) in [6.45, 7) is 0. The summed E-state index contributed by atoms with van der Waals surface area (Å²) in [6, 6.07) is 3.57. The molecule has 0 saturated heterocycles. The molecule has 0 radical (unpaired) electrons. The molecule has 13 heavy (non-hydrogen) atoms. The molecule has 0 aromatic carbocycles. The third-order valence-electron chi connectivity index (χ3n) is 1.12. The van der Waals surface area contributed by atoms with Crippen molar-refractivity contribution in [2.75, 3.05) is 0 Å². The number of hydrogen-bond donors (Lipinski definition) is 1. The average molecular weight is 194 g/mol. The van der Waals surface area contributed by atoms with Gasteiger partial charge in [-0.25, -0.2) is 4.79 Å². The summed E-state index contributed by atoms with van der Waals surface area (Å²) in [7, 11) is 0. The zero-order valence-corrected chi connectivity index (χ0v) is 7.38. The molecule has 1 heterocycles. The van der Waals surface area contributed by atoms with Crippen molar-refractivity contribution in [3.63, 3.8) is 0 Å². The smallest absolute Gasteiger partial charge is 0.380 e. The molecule has 0 unspecified atom stereocenters. The van der Waals surface area contributed by atoms with Crippen LogP contribution in [0.3, 0.4) is 0 Å². The first kappa shape index (κ1) is 9.29. The van der Waals surface area contributed by atoms with Crippen molar-refractivity contribution >= 4 is 23.1 Å². The van der Waals surface area contributed by atoms with Crippen LogP contribution in [0, 0.1) is 12.3 Å². The van der Waals surface area contributed by atoms with Gasteiger partial charge in [0.1, 0.15) is 0 Å². The number of rotatable bonds is 2. The van der Waals surface area contributed by atoms with Crippen LogP contribution >= 0.6 is 11.3 Å². The fraction of sp³-hybridized carbons (Fsp3) is 0. The molecule has 0 bridgehead atoms. The lowest BCUT2D eigenvalue weighted by atomic mass is 10.4. The number of carbonyl (C=O) groups excluding carboxylic acids is 1. The molecule has 1 rings (SSSR count). The Morgan fingerprint density at radius 2 is 2.54 bits per heavy atom. The molecule has 0 aliphatic carbocycles. The van der Waals surface area contributed by atoms with Crippen LogP contribution < -0.4 is 5.73 Å². The molecule has 1 aromatic rings. The Labute approximate surface area is 79.0 Å². The quantitative estimate of drug-likeness (QED) is 0.246. The molecule has 2 N–H and O–H groups in total. The van der Waals surface area contributed by atoms with Crippen molar-refractivity contribution in [1.82, 2.24) is 0 Å². The van der Waals surface area contributed by atoms with Gasteiger partial charge >= 0.3 is 5.97 Å². The SMILES string of the molecule is C#CC(=O)O/N=C(\N)c1cccs1. The van der Waals surface area contributed by atoms with Gasteiger partial charge in [0.05, 0.1) is 4.88 Å². The molecule has 4 nitrogen and oxygen atoms in total. The standard InChI is InChI=1S/C8H6N2O2S/c1-2-7(11)12-10-8(9)6-4-3-5-13-6/h1,3-5H,(H2,9,10). The summed E-state index contributed by atoms with van der Waals surface area (Å²) in [5.41, 5.74) is 5.46. The summed E-state index contributed by atoms with van der Waals surface area (Å²) in [5, 5.41) is 5.18. The van der Waals surface area contributed by atoms with Gasteiger partial charge < -0.3 is 10.6 Å². The van der Waals surface area contributed by atoms with E-state index >= 15 is 0 Å². The highest BCUT2D eigenvalue weighted by molar-refractivity contribution is 7.12. The van der Waals surface area contributed by atoms with Gasteiger partial charge in [-0.1, -0.05) is 11.2 Å². The third kappa shape index (κ3) is 2.61. The zero-order chi connectivity index (χ0) is 9.68. The van der Waals surface area contributed by atoms with E-state index in [9.17, 15) is 4.79 Å². The summed E-state index contributed by atoms with van der Waals surface area (Å²) < 4.78 is 0. The minimum Gasteiger partial charge on any atom is -0.380 e. The van der Waals surface area contributed by atoms with E-state index in [1.807, 2.05) is 11.4 Å². The Morgan fingerprint density at radius 3 is 3.08 bits per heavy atom. The van der Waals surface area contributed by atoms with Crippen molar-refractivity contribution in [3.8, 4) is 12.3 Å². The lowest BCUT2D eigenvalue weighted by Gasteiger charge is -1.93. The Morgan fingerprint density at radius 1 is 1.77 bits per heavy atom. The van der Waals surface area contributed by atoms with Crippen molar-refractivity contribution < 1.29 is 9.63 Å². The number of amidine groups is 1. The third-order valence-corrected chi connectivity index (χ3v) is 2.01. The van der Waals surface area contributed by atoms with E-state index in [0.717, 1.165) is 4.88 Å². The van der Waals surface area contributed by atoms with Crippen LogP contribution in [0.2, 0.25) is 0 Å². The molecule has 66 valence electrons. The van der Waals surface area contributed by atoms with Gasteiger partial charge in [0.2, 0.25) is 0 Å². The van der Waals surface area contributed by atoms with Crippen LogP contribution in [0.4, 0.5) is 0 Å². The van der Waals surface area contributed by atoms with E-state index in [4.69, 9.17) is 12.2 Å². The first-order valence-corrected chi connectivity index (χ1v) is 4.17. The highest BCUT2D eigenvalue weighted by atomic mass is 32.1. The van der Waals surface area contributed by atoms with Crippen LogP contribution in [0.1, 0.15) is 4.88 Å². The number of hydrogen-bond acceptors (Lipinski definition) is 4. The predicted molar refractivity (Wildman–Crippen MR) is 50.0 cm³/mol. The maximum absolute atomic E-state index is 10.5. The van der Waals surface area contributed by atoms with E-state index in [-0.39, 0.29) is 5.84 Å². The highest BCUT2D eigenvalue weighted by Gasteiger charge is 2.00. The summed E-state index contributed by atoms with van der Waals surface area (Å²) >= 11 is 1.39. The van der Waals surface area contributed by atoms with Crippen LogP contribution in [0.25, 0.3) is 0 Å². The fourth-order valence-electron chi connectivity index (χ4n) is 0.586. The number of thiophene rings is 1.